The Morgan fingerprint density at radius 1 is 1.47 bits per heavy atom. The maximum absolute atomic E-state index is 13.0. The van der Waals surface area contributed by atoms with Crippen LogP contribution < -0.4 is 5.73 Å². The maximum atomic E-state index is 13.0. The van der Waals surface area contributed by atoms with Gasteiger partial charge in [0, 0.05) is 18.8 Å². The summed E-state index contributed by atoms with van der Waals surface area (Å²) in [6.45, 7) is 1.82. The molecule has 2 aromatic heterocycles. The maximum Gasteiger partial charge on any atom is 0.449 e. The number of pyridine rings is 1. The molecular weight excluding hydrogens is 281 g/mol. The SMILES string of the molecule is CCC(N)Cn1c(C(F)(F)F)nc2cc(Cl)cnc21. The monoisotopic (exact) mass is 292 g/mol. The molecule has 0 aromatic carbocycles. The molecule has 0 saturated carbocycles. The quantitative estimate of drug-likeness (QED) is 0.946. The van der Waals surface area contributed by atoms with Gasteiger partial charge in [-0.2, -0.15) is 13.2 Å². The third-order valence-electron chi connectivity index (χ3n) is 2.75. The smallest absolute Gasteiger partial charge is 0.326 e. The van der Waals surface area contributed by atoms with Crippen molar-refractivity contribution in [1.82, 2.24) is 14.5 Å². The Morgan fingerprint density at radius 2 is 2.16 bits per heavy atom. The lowest BCUT2D eigenvalue weighted by Gasteiger charge is -2.14. The lowest BCUT2D eigenvalue weighted by molar-refractivity contribution is -0.147. The summed E-state index contributed by atoms with van der Waals surface area (Å²) in [7, 11) is 0. The summed E-state index contributed by atoms with van der Waals surface area (Å²) in [6.07, 6.45) is -2.70. The van der Waals surface area contributed by atoms with E-state index in [-0.39, 0.29) is 22.7 Å². The minimum absolute atomic E-state index is 0.0104. The zero-order valence-corrected chi connectivity index (χ0v) is 10.8. The Labute approximate surface area is 112 Å². The van der Waals surface area contributed by atoms with Gasteiger partial charge < -0.3 is 10.3 Å². The molecule has 2 rings (SSSR count). The van der Waals surface area contributed by atoms with E-state index in [4.69, 9.17) is 17.3 Å². The molecule has 0 radical (unpaired) electrons. The molecule has 104 valence electrons. The fourth-order valence-electron chi connectivity index (χ4n) is 1.74. The van der Waals surface area contributed by atoms with E-state index in [2.05, 4.69) is 9.97 Å². The van der Waals surface area contributed by atoms with Gasteiger partial charge in [0.05, 0.1) is 5.02 Å². The summed E-state index contributed by atoms with van der Waals surface area (Å²) in [5.41, 5.74) is 5.98. The molecule has 0 spiro atoms. The van der Waals surface area contributed by atoms with Crippen LogP contribution in [-0.4, -0.2) is 20.6 Å². The fraction of sp³-hybridized carbons (Fsp3) is 0.455. The third-order valence-corrected chi connectivity index (χ3v) is 2.95. The van der Waals surface area contributed by atoms with E-state index in [9.17, 15) is 13.2 Å². The van der Waals surface area contributed by atoms with Crippen LogP contribution in [0.1, 0.15) is 19.2 Å². The lowest BCUT2D eigenvalue weighted by atomic mass is 10.2. The zero-order valence-electron chi connectivity index (χ0n) is 10.1. The van der Waals surface area contributed by atoms with Gasteiger partial charge in [-0.15, -0.1) is 0 Å². The molecule has 0 aliphatic carbocycles. The predicted octanol–water partition coefficient (Wildman–Crippen LogP) is 2.84. The first-order valence-electron chi connectivity index (χ1n) is 5.67. The highest BCUT2D eigenvalue weighted by Crippen LogP contribution is 2.31. The number of nitrogens with zero attached hydrogens (tertiary/aromatic N) is 3. The number of imidazole rings is 1. The molecule has 0 amide bonds. The second-order valence-corrected chi connectivity index (χ2v) is 4.64. The Kier molecular flexibility index (Phi) is 3.69. The number of nitrogens with two attached hydrogens (primary N) is 1. The van der Waals surface area contributed by atoms with Crippen molar-refractivity contribution in [1.29, 1.82) is 0 Å². The molecule has 2 aromatic rings. The first-order chi connectivity index (χ1) is 8.82. The fourth-order valence-corrected chi connectivity index (χ4v) is 1.89. The standard InChI is InChI=1S/C11H12ClF3N4/c1-2-7(16)5-19-9-8(3-6(12)4-17-9)18-10(19)11(13,14)15/h3-4,7H,2,5,16H2,1H3. The van der Waals surface area contributed by atoms with Crippen molar-refractivity contribution in [3.8, 4) is 0 Å². The first kappa shape index (κ1) is 14.1. The van der Waals surface area contributed by atoms with Gasteiger partial charge in [0.25, 0.3) is 0 Å². The van der Waals surface area contributed by atoms with Gasteiger partial charge in [-0.1, -0.05) is 18.5 Å². The van der Waals surface area contributed by atoms with E-state index in [1.807, 2.05) is 0 Å². The number of alkyl halides is 3. The van der Waals surface area contributed by atoms with Gasteiger partial charge in [-0.3, -0.25) is 0 Å². The number of halogens is 4. The Morgan fingerprint density at radius 3 is 2.74 bits per heavy atom. The van der Waals surface area contributed by atoms with Gasteiger partial charge >= 0.3 is 6.18 Å². The molecule has 2 heterocycles. The average Bonchev–Trinajstić information content (AvgIpc) is 2.67. The third kappa shape index (κ3) is 2.82. The van der Waals surface area contributed by atoms with Gasteiger partial charge in [0.15, 0.2) is 5.65 Å². The molecule has 0 aliphatic rings. The predicted molar refractivity (Wildman–Crippen MR) is 65.8 cm³/mol. The van der Waals surface area contributed by atoms with Crippen molar-refractivity contribution in [2.45, 2.75) is 32.1 Å². The van der Waals surface area contributed by atoms with Crippen LogP contribution >= 0.6 is 11.6 Å². The Balaban J connectivity index is 2.62. The highest BCUT2D eigenvalue weighted by Gasteiger charge is 2.38. The van der Waals surface area contributed by atoms with Crippen LogP contribution in [-0.2, 0) is 12.7 Å². The van der Waals surface area contributed by atoms with E-state index in [1.54, 1.807) is 6.92 Å². The van der Waals surface area contributed by atoms with Crippen molar-refractivity contribution >= 4 is 22.8 Å². The van der Waals surface area contributed by atoms with Crippen LogP contribution in [0.5, 0.6) is 0 Å². The van der Waals surface area contributed by atoms with Crippen molar-refractivity contribution in [3.05, 3.63) is 23.1 Å². The number of aromatic nitrogens is 3. The summed E-state index contributed by atoms with van der Waals surface area (Å²) in [5.74, 6) is -0.999. The van der Waals surface area contributed by atoms with Gasteiger partial charge in [-0.25, -0.2) is 9.97 Å². The normalized spacial score (nSPS) is 14.0. The summed E-state index contributed by atoms with van der Waals surface area (Å²) in [4.78, 5) is 7.48. The largest absolute Gasteiger partial charge is 0.449 e. The Hall–Kier alpha value is -1.34. The van der Waals surface area contributed by atoms with Crippen LogP contribution in [0, 0.1) is 0 Å². The highest BCUT2D eigenvalue weighted by molar-refractivity contribution is 6.31. The van der Waals surface area contributed by atoms with E-state index in [0.29, 0.717) is 6.42 Å². The minimum atomic E-state index is -4.55. The molecule has 0 aliphatic heterocycles. The lowest BCUT2D eigenvalue weighted by Crippen LogP contribution is -2.28. The van der Waals surface area contributed by atoms with Crippen LogP contribution in [0.3, 0.4) is 0 Å². The van der Waals surface area contributed by atoms with Gasteiger partial charge in [-0.05, 0) is 12.5 Å². The first-order valence-corrected chi connectivity index (χ1v) is 6.05. The van der Waals surface area contributed by atoms with E-state index < -0.39 is 18.0 Å². The van der Waals surface area contributed by atoms with Gasteiger partial charge in [0.2, 0.25) is 5.82 Å². The molecule has 1 unspecified atom stereocenters. The van der Waals surface area contributed by atoms with Crippen LogP contribution in [0.4, 0.5) is 13.2 Å². The average molecular weight is 293 g/mol. The highest BCUT2D eigenvalue weighted by atomic mass is 35.5. The number of hydrogen-bond acceptors (Lipinski definition) is 3. The molecule has 0 fully saturated rings. The Bertz CT molecular complexity index is 593. The second-order valence-electron chi connectivity index (χ2n) is 4.21. The topological polar surface area (TPSA) is 56.7 Å². The molecule has 2 N–H and O–H groups in total. The van der Waals surface area contributed by atoms with Crippen LogP contribution in [0.2, 0.25) is 5.02 Å². The molecule has 4 nitrogen and oxygen atoms in total. The second kappa shape index (κ2) is 4.97. The number of fused-ring (bicyclic) bond motifs is 1. The number of hydrogen-bond donors (Lipinski definition) is 1. The van der Waals surface area contributed by atoms with Crippen molar-refractivity contribution < 1.29 is 13.2 Å². The van der Waals surface area contributed by atoms with E-state index in [1.165, 1.54) is 12.3 Å². The molecular formula is C11H12ClF3N4. The van der Waals surface area contributed by atoms with Crippen molar-refractivity contribution in [2.75, 3.05) is 0 Å². The molecule has 19 heavy (non-hydrogen) atoms. The summed E-state index contributed by atoms with van der Waals surface area (Å²) in [5, 5.41) is 0.241. The van der Waals surface area contributed by atoms with E-state index in [0.717, 1.165) is 4.57 Å². The summed E-state index contributed by atoms with van der Waals surface area (Å²) in [6, 6.07) is 0.962. The minimum Gasteiger partial charge on any atom is -0.326 e. The zero-order chi connectivity index (χ0) is 14.2. The van der Waals surface area contributed by atoms with Crippen LogP contribution in [0.25, 0.3) is 11.2 Å². The number of rotatable bonds is 3. The van der Waals surface area contributed by atoms with Crippen molar-refractivity contribution in [2.24, 2.45) is 5.73 Å². The molecule has 8 heteroatoms. The van der Waals surface area contributed by atoms with E-state index >= 15 is 0 Å². The van der Waals surface area contributed by atoms with Gasteiger partial charge in [0.1, 0.15) is 5.52 Å². The van der Waals surface area contributed by atoms with Crippen LogP contribution in [0.15, 0.2) is 12.3 Å². The molecule has 0 saturated heterocycles. The molecule has 0 bridgehead atoms. The summed E-state index contributed by atoms with van der Waals surface area (Å²) < 4.78 is 39.9. The molecule has 1 atom stereocenters. The summed E-state index contributed by atoms with van der Waals surface area (Å²) >= 11 is 5.71. The van der Waals surface area contributed by atoms with Crippen molar-refractivity contribution in [3.63, 3.8) is 0 Å².